The summed E-state index contributed by atoms with van der Waals surface area (Å²) in [6.45, 7) is 1.15. The first-order valence-corrected chi connectivity index (χ1v) is 9.27. The van der Waals surface area contributed by atoms with Crippen LogP contribution in [0.25, 0.3) is 0 Å². The van der Waals surface area contributed by atoms with Crippen LogP contribution < -0.4 is 14.8 Å². The Kier molecular flexibility index (Phi) is 4.91. The van der Waals surface area contributed by atoms with E-state index in [9.17, 15) is 13.2 Å². The van der Waals surface area contributed by atoms with Gasteiger partial charge in [-0.15, -0.1) is 0 Å². The molecule has 3 N–H and O–H groups in total. The quantitative estimate of drug-likeness (QED) is 0.748. The number of anilines is 1. The maximum Gasteiger partial charge on any atom is 0.335 e. The van der Waals surface area contributed by atoms with Crippen LogP contribution >= 0.6 is 0 Å². The molecule has 0 amide bonds. The predicted molar refractivity (Wildman–Crippen MR) is 92.7 cm³/mol. The van der Waals surface area contributed by atoms with Crippen molar-refractivity contribution in [2.45, 2.75) is 11.3 Å². The molecule has 0 atom stereocenters. The second-order valence-electron chi connectivity index (χ2n) is 5.59. The van der Waals surface area contributed by atoms with Crippen molar-refractivity contribution in [3.8, 4) is 5.75 Å². The van der Waals surface area contributed by atoms with Gasteiger partial charge in [-0.2, -0.15) is 0 Å². The Morgan fingerprint density at radius 1 is 1.16 bits per heavy atom. The molecule has 0 saturated carbocycles. The van der Waals surface area contributed by atoms with Crippen LogP contribution in [0.3, 0.4) is 0 Å². The molecule has 2 aromatic carbocycles. The number of benzene rings is 2. The maximum atomic E-state index is 12.2. The molecule has 0 unspecified atom stereocenters. The number of ether oxygens (including phenoxy) is 1. The molecule has 3 rings (SSSR count). The highest BCUT2D eigenvalue weighted by Gasteiger charge is 2.21. The van der Waals surface area contributed by atoms with Gasteiger partial charge in [0, 0.05) is 25.6 Å². The highest BCUT2D eigenvalue weighted by Crippen LogP contribution is 2.27. The number of hydrogen-bond acceptors (Lipinski definition) is 5. The lowest BCUT2D eigenvalue weighted by molar-refractivity contribution is 0.0696. The van der Waals surface area contributed by atoms with E-state index in [0.717, 1.165) is 5.56 Å². The summed E-state index contributed by atoms with van der Waals surface area (Å²) in [6, 6.07) is 11.5. The molecular weight excluding hydrogens is 344 g/mol. The van der Waals surface area contributed by atoms with Gasteiger partial charge in [0.25, 0.3) is 0 Å². The Hall–Kier alpha value is -2.58. The summed E-state index contributed by atoms with van der Waals surface area (Å²) < 4.78 is 32.5. The van der Waals surface area contributed by atoms with E-state index in [2.05, 4.69) is 10.0 Å². The average molecular weight is 362 g/mol. The lowest BCUT2D eigenvalue weighted by atomic mass is 10.1. The molecule has 0 aromatic heterocycles. The van der Waals surface area contributed by atoms with Crippen LogP contribution in [-0.2, 0) is 16.4 Å². The zero-order chi connectivity index (χ0) is 17.9. The Morgan fingerprint density at radius 2 is 2.00 bits per heavy atom. The normalized spacial score (nSPS) is 15.5. The van der Waals surface area contributed by atoms with E-state index in [0.29, 0.717) is 37.6 Å². The summed E-state index contributed by atoms with van der Waals surface area (Å²) in [6.07, 6.45) is 0.515. The summed E-state index contributed by atoms with van der Waals surface area (Å²) in [4.78, 5) is 11.1. The van der Waals surface area contributed by atoms with Crippen molar-refractivity contribution in [1.82, 2.24) is 4.72 Å². The number of nitrogens with one attached hydrogen (secondary N) is 2. The van der Waals surface area contributed by atoms with Gasteiger partial charge < -0.3 is 15.2 Å². The number of fused-ring (bicyclic) bond motifs is 1. The molecule has 8 heteroatoms. The van der Waals surface area contributed by atoms with Crippen LogP contribution in [0.1, 0.15) is 15.9 Å². The van der Waals surface area contributed by atoms with Gasteiger partial charge in [-0.25, -0.2) is 17.9 Å². The van der Waals surface area contributed by atoms with Crippen molar-refractivity contribution < 1.29 is 23.1 Å². The van der Waals surface area contributed by atoms with Crippen molar-refractivity contribution in [1.29, 1.82) is 0 Å². The first kappa shape index (κ1) is 17.2. The molecular formula is C17H18N2O5S. The summed E-state index contributed by atoms with van der Waals surface area (Å²) >= 11 is 0. The molecule has 0 saturated heterocycles. The molecule has 1 aliphatic heterocycles. The topological polar surface area (TPSA) is 105 Å². The van der Waals surface area contributed by atoms with E-state index >= 15 is 0 Å². The van der Waals surface area contributed by atoms with Gasteiger partial charge in [0.05, 0.1) is 17.9 Å². The number of rotatable bonds is 5. The number of carboxylic acids is 1. The number of carboxylic acid groups (broad SMARTS) is 1. The fraction of sp³-hybridized carbons (Fsp3) is 0.235. The third-order valence-electron chi connectivity index (χ3n) is 3.81. The van der Waals surface area contributed by atoms with E-state index < -0.39 is 16.0 Å². The minimum absolute atomic E-state index is 0.162. The monoisotopic (exact) mass is 362 g/mol. The Bertz CT molecular complexity index is 896. The highest BCUT2D eigenvalue weighted by molar-refractivity contribution is 7.89. The second kappa shape index (κ2) is 7.12. The Balaban J connectivity index is 1.69. The van der Waals surface area contributed by atoms with E-state index in [-0.39, 0.29) is 10.5 Å². The van der Waals surface area contributed by atoms with Gasteiger partial charge in [-0.05, 0) is 29.8 Å². The second-order valence-corrected chi connectivity index (χ2v) is 7.32. The molecule has 1 heterocycles. The van der Waals surface area contributed by atoms with E-state index in [1.165, 1.54) is 12.1 Å². The van der Waals surface area contributed by atoms with Crippen molar-refractivity contribution in [3.63, 3.8) is 0 Å². The van der Waals surface area contributed by atoms with Crippen molar-refractivity contribution in [2.75, 3.05) is 25.0 Å². The van der Waals surface area contributed by atoms with Crippen LogP contribution in [0.15, 0.2) is 47.4 Å². The van der Waals surface area contributed by atoms with Crippen LogP contribution in [0.2, 0.25) is 0 Å². The smallest absolute Gasteiger partial charge is 0.335 e. The molecule has 1 aliphatic rings. The minimum atomic E-state index is -3.55. The molecule has 25 heavy (non-hydrogen) atoms. The Morgan fingerprint density at radius 3 is 2.80 bits per heavy atom. The highest BCUT2D eigenvalue weighted by atomic mass is 32.2. The standard InChI is InChI=1S/C17H18N2O5S/c20-17(21)13-3-1-2-12(10-13)6-9-24-14-4-5-15-16(11-14)25(22,23)19-8-7-18-15/h1-5,10-11,18-19H,6-9H2,(H,20,21). The summed E-state index contributed by atoms with van der Waals surface area (Å²) in [5.74, 6) is -0.527. The van der Waals surface area contributed by atoms with Crippen LogP contribution in [0.5, 0.6) is 5.75 Å². The molecule has 0 radical (unpaired) electrons. The SMILES string of the molecule is O=C(O)c1cccc(CCOc2ccc3c(c2)S(=O)(=O)NCCN3)c1. The third kappa shape index (κ3) is 4.09. The average Bonchev–Trinajstić information content (AvgIpc) is 2.74. The van der Waals surface area contributed by atoms with Gasteiger partial charge in [0.2, 0.25) is 10.0 Å². The molecule has 132 valence electrons. The third-order valence-corrected chi connectivity index (χ3v) is 5.31. The predicted octanol–water partition coefficient (Wildman–Crippen LogP) is 1.71. The van der Waals surface area contributed by atoms with Crippen LogP contribution in [0, 0.1) is 0 Å². The maximum absolute atomic E-state index is 12.2. The number of aromatic carboxylic acids is 1. The van der Waals surface area contributed by atoms with Gasteiger partial charge >= 0.3 is 5.97 Å². The fourth-order valence-electron chi connectivity index (χ4n) is 2.57. The lowest BCUT2D eigenvalue weighted by Crippen LogP contribution is -2.25. The van der Waals surface area contributed by atoms with Gasteiger partial charge in [-0.3, -0.25) is 0 Å². The number of sulfonamides is 1. The molecule has 7 nitrogen and oxygen atoms in total. The molecule has 2 aromatic rings. The minimum Gasteiger partial charge on any atom is -0.493 e. The van der Waals surface area contributed by atoms with E-state index in [4.69, 9.17) is 9.84 Å². The molecule has 0 spiro atoms. The number of hydrogen-bond donors (Lipinski definition) is 3. The van der Waals surface area contributed by atoms with Crippen LogP contribution in [-0.4, -0.2) is 39.2 Å². The molecule has 0 aliphatic carbocycles. The largest absolute Gasteiger partial charge is 0.493 e. The van der Waals surface area contributed by atoms with Gasteiger partial charge in [0.1, 0.15) is 10.6 Å². The van der Waals surface area contributed by atoms with Gasteiger partial charge in [0.15, 0.2) is 0 Å². The van der Waals surface area contributed by atoms with Crippen molar-refractivity contribution in [3.05, 3.63) is 53.6 Å². The first-order chi connectivity index (χ1) is 12.0. The Labute approximate surface area is 145 Å². The number of carbonyl (C=O) groups is 1. The van der Waals surface area contributed by atoms with Crippen molar-refractivity contribution in [2.24, 2.45) is 0 Å². The molecule has 0 fully saturated rings. The summed E-state index contributed by atoms with van der Waals surface area (Å²) in [5.41, 5.74) is 1.61. The zero-order valence-electron chi connectivity index (χ0n) is 13.4. The van der Waals surface area contributed by atoms with Gasteiger partial charge in [-0.1, -0.05) is 12.1 Å². The van der Waals surface area contributed by atoms with E-state index in [1.807, 2.05) is 6.07 Å². The molecule has 0 bridgehead atoms. The van der Waals surface area contributed by atoms with Crippen LogP contribution in [0.4, 0.5) is 5.69 Å². The fourth-order valence-corrected chi connectivity index (χ4v) is 3.80. The lowest BCUT2D eigenvalue weighted by Gasteiger charge is -2.11. The first-order valence-electron chi connectivity index (χ1n) is 7.78. The summed E-state index contributed by atoms with van der Waals surface area (Å²) in [5, 5.41) is 12.1. The summed E-state index contributed by atoms with van der Waals surface area (Å²) in [7, 11) is -3.55. The van der Waals surface area contributed by atoms with Crippen molar-refractivity contribution >= 4 is 21.7 Å². The zero-order valence-corrected chi connectivity index (χ0v) is 14.2. The van der Waals surface area contributed by atoms with E-state index in [1.54, 1.807) is 24.3 Å².